The van der Waals surface area contributed by atoms with Gasteiger partial charge in [0.1, 0.15) is 11.4 Å². The number of nitrogens with one attached hydrogen (secondary N) is 1. The molecule has 0 atom stereocenters. The first kappa shape index (κ1) is 11.9. The minimum Gasteiger partial charge on any atom is -0.465 e. The van der Waals surface area contributed by atoms with Crippen molar-refractivity contribution in [1.82, 2.24) is 4.98 Å². The Morgan fingerprint density at radius 1 is 1.59 bits per heavy atom. The van der Waals surface area contributed by atoms with Gasteiger partial charge in [0, 0.05) is 12.7 Å². The molecule has 4 nitrogen and oxygen atoms in total. The van der Waals surface area contributed by atoms with Crippen LogP contribution in [0.1, 0.15) is 36.5 Å². The van der Waals surface area contributed by atoms with Crippen molar-refractivity contribution in [3.05, 3.63) is 23.9 Å². The highest BCUT2D eigenvalue weighted by atomic mass is 16.5. The number of carbonyl (C=O) groups excluding carboxylic acids is 1. The van der Waals surface area contributed by atoms with Gasteiger partial charge in [0.25, 0.3) is 0 Å². The number of hydrogen-bond donors (Lipinski definition) is 1. The number of pyridine rings is 1. The predicted octanol–water partition coefficient (Wildman–Crippen LogP) is 2.47. The summed E-state index contributed by atoms with van der Waals surface area (Å²) in [5.74, 6) is 0.270. The van der Waals surface area contributed by atoms with Gasteiger partial charge in [-0.1, -0.05) is 13.3 Å². The molecule has 1 fully saturated rings. The Hall–Kier alpha value is -1.58. The molecule has 1 aliphatic rings. The van der Waals surface area contributed by atoms with Gasteiger partial charge in [-0.3, -0.25) is 0 Å². The van der Waals surface area contributed by atoms with E-state index in [1.54, 1.807) is 18.3 Å². The van der Waals surface area contributed by atoms with Crippen LogP contribution in [0.5, 0.6) is 0 Å². The highest BCUT2D eigenvalue weighted by Gasteiger charge is 2.31. The average molecular weight is 234 g/mol. The molecular formula is C13H18N2O2. The van der Waals surface area contributed by atoms with Crippen LogP contribution in [0.15, 0.2) is 18.3 Å². The summed E-state index contributed by atoms with van der Waals surface area (Å²) in [6, 6.07) is 3.47. The summed E-state index contributed by atoms with van der Waals surface area (Å²) in [6.07, 6.45) is 5.45. The van der Waals surface area contributed by atoms with Gasteiger partial charge in [-0.05, 0) is 30.4 Å². The predicted molar refractivity (Wildman–Crippen MR) is 66.0 cm³/mol. The van der Waals surface area contributed by atoms with E-state index >= 15 is 0 Å². The van der Waals surface area contributed by atoms with Crippen LogP contribution in [0.4, 0.5) is 5.82 Å². The lowest BCUT2D eigenvalue weighted by Gasteiger charge is -2.38. The van der Waals surface area contributed by atoms with Crippen molar-refractivity contribution in [2.24, 2.45) is 5.41 Å². The van der Waals surface area contributed by atoms with Crippen molar-refractivity contribution in [3.63, 3.8) is 0 Å². The van der Waals surface area contributed by atoms with E-state index in [1.807, 2.05) is 0 Å². The Labute approximate surface area is 101 Å². The molecule has 0 amide bonds. The Bertz CT molecular complexity index is 414. The quantitative estimate of drug-likeness (QED) is 0.813. The molecule has 1 aromatic heterocycles. The van der Waals surface area contributed by atoms with Gasteiger partial charge in [0.05, 0.1) is 7.11 Å². The van der Waals surface area contributed by atoms with Gasteiger partial charge in [0.2, 0.25) is 0 Å². The number of carbonyl (C=O) groups is 1. The van der Waals surface area contributed by atoms with Crippen molar-refractivity contribution in [1.29, 1.82) is 0 Å². The zero-order chi connectivity index (χ0) is 12.3. The van der Waals surface area contributed by atoms with E-state index in [9.17, 15) is 4.79 Å². The van der Waals surface area contributed by atoms with Crippen molar-refractivity contribution in [2.45, 2.75) is 26.2 Å². The molecule has 0 bridgehead atoms. The van der Waals surface area contributed by atoms with Gasteiger partial charge in [-0.2, -0.15) is 0 Å². The lowest BCUT2D eigenvalue weighted by atomic mass is 9.70. The molecule has 2 rings (SSSR count). The maximum Gasteiger partial charge on any atom is 0.341 e. The fourth-order valence-corrected chi connectivity index (χ4v) is 2.08. The van der Waals surface area contributed by atoms with E-state index in [1.165, 1.54) is 26.4 Å². The third-order valence-corrected chi connectivity index (χ3v) is 3.46. The summed E-state index contributed by atoms with van der Waals surface area (Å²) in [4.78, 5) is 15.7. The second kappa shape index (κ2) is 4.73. The average Bonchev–Trinajstić information content (AvgIpc) is 2.33. The van der Waals surface area contributed by atoms with E-state index in [4.69, 9.17) is 4.74 Å². The van der Waals surface area contributed by atoms with Crippen LogP contribution in [0.3, 0.4) is 0 Å². The number of hydrogen-bond acceptors (Lipinski definition) is 4. The third-order valence-electron chi connectivity index (χ3n) is 3.46. The summed E-state index contributed by atoms with van der Waals surface area (Å²) >= 11 is 0. The molecule has 0 spiro atoms. The maximum atomic E-state index is 11.5. The maximum absolute atomic E-state index is 11.5. The van der Waals surface area contributed by atoms with Crippen molar-refractivity contribution in [2.75, 3.05) is 19.0 Å². The molecule has 0 radical (unpaired) electrons. The Morgan fingerprint density at radius 3 is 2.94 bits per heavy atom. The number of nitrogens with zero attached hydrogens (tertiary/aromatic N) is 1. The molecule has 0 unspecified atom stereocenters. The number of anilines is 1. The van der Waals surface area contributed by atoms with Crippen molar-refractivity contribution >= 4 is 11.8 Å². The molecule has 0 aliphatic heterocycles. The second-order valence-corrected chi connectivity index (χ2v) is 4.91. The topological polar surface area (TPSA) is 51.2 Å². The molecule has 1 saturated carbocycles. The van der Waals surface area contributed by atoms with E-state index in [2.05, 4.69) is 17.2 Å². The van der Waals surface area contributed by atoms with Gasteiger partial charge in [0.15, 0.2) is 0 Å². The lowest BCUT2D eigenvalue weighted by molar-refractivity contribution is 0.0601. The molecule has 0 aromatic carbocycles. The molecule has 92 valence electrons. The molecular weight excluding hydrogens is 216 g/mol. The Kier molecular flexibility index (Phi) is 3.31. The number of esters is 1. The van der Waals surface area contributed by atoms with E-state index in [0.717, 1.165) is 6.54 Å². The van der Waals surface area contributed by atoms with E-state index in [-0.39, 0.29) is 5.97 Å². The summed E-state index contributed by atoms with van der Waals surface area (Å²) in [5, 5.41) is 3.26. The molecule has 1 aliphatic carbocycles. The fraction of sp³-hybridized carbons (Fsp3) is 0.538. The number of rotatable bonds is 4. The first-order valence-electron chi connectivity index (χ1n) is 5.92. The van der Waals surface area contributed by atoms with Crippen LogP contribution in [0.25, 0.3) is 0 Å². The first-order chi connectivity index (χ1) is 8.14. The summed E-state index contributed by atoms with van der Waals surface area (Å²) < 4.78 is 4.73. The van der Waals surface area contributed by atoms with Crippen LogP contribution in [0.2, 0.25) is 0 Å². The molecule has 1 heterocycles. The third kappa shape index (κ3) is 2.57. The minimum absolute atomic E-state index is 0.348. The zero-order valence-corrected chi connectivity index (χ0v) is 10.3. The van der Waals surface area contributed by atoms with Crippen LogP contribution >= 0.6 is 0 Å². The van der Waals surface area contributed by atoms with E-state index in [0.29, 0.717) is 16.8 Å². The van der Waals surface area contributed by atoms with Gasteiger partial charge >= 0.3 is 5.97 Å². The monoisotopic (exact) mass is 234 g/mol. The molecule has 0 saturated heterocycles. The molecule has 17 heavy (non-hydrogen) atoms. The number of ether oxygens (including phenoxy) is 1. The number of aromatic nitrogens is 1. The summed E-state index contributed by atoms with van der Waals surface area (Å²) in [5.41, 5.74) is 0.850. The first-order valence-corrected chi connectivity index (χ1v) is 5.92. The van der Waals surface area contributed by atoms with E-state index < -0.39 is 0 Å². The fourth-order valence-electron chi connectivity index (χ4n) is 2.08. The van der Waals surface area contributed by atoms with Crippen LogP contribution in [-0.4, -0.2) is 24.6 Å². The normalized spacial score (nSPS) is 17.1. The smallest absolute Gasteiger partial charge is 0.341 e. The van der Waals surface area contributed by atoms with Crippen LogP contribution in [-0.2, 0) is 4.74 Å². The standard InChI is InChI=1S/C13H18N2O2/c1-13(6-4-7-13)9-15-11-10(12(16)17-2)5-3-8-14-11/h3,5,8H,4,6-7,9H2,1-2H3,(H,14,15). The second-order valence-electron chi connectivity index (χ2n) is 4.91. The largest absolute Gasteiger partial charge is 0.465 e. The zero-order valence-electron chi connectivity index (χ0n) is 10.3. The molecule has 4 heteroatoms. The minimum atomic E-state index is -0.348. The van der Waals surface area contributed by atoms with Gasteiger partial charge in [-0.25, -0.2) is 9.78 Å². The Morgan fingerprint density at radius 2 is 2.35 bits per heavy atom. The van der Waals surface area contributed by atoms with Gasteiger partial charge < -0.3 is 10.1 Å². The molecule has 1 aromatic rings. The summed E-state index contributed by atoms with van der Waals surface area (Å²) in [6.45, 7) is 3.11. The van der Waals surface area contributed by atoms with Crippen molar-refractivity contribution < 1.29 is 9.53 Å². The van der Waals surface area contributed by atoms with Gasteiger partial charge in [-0.15, -0.1) is 0 Å². The molecule has 1 N–H and O–H groups in total. The highest BCUT2D eigenvalue weighted by Crippen LogP contribution is 2.40. The van der Waals surface area contributed by atoms with Crippen LogP contribution < -0.4 is 5.32 Å². The van der Waals surface area contributed by atoms with Crippen molar-refractivity contribution in [3.8, 4) is 0 Å². The van der Waals surface area contributed by atoms with Crippen LogP contribution in [0, 0.1) is 5.41 Å². The summed E-state index contributed by atoms with van der Waals surface area (Å²) in [7, 11) is 1.38. The Balaban J connectivity index is 2.07. The highest BCUT2D eigenvalue weighted by molar-refractivity contribution is 5.94. The SMILES string of the molecule is COC(=O)c1cccnc1NCC1(C)CCC1. The lowest BCUT2D eigenvalue weighted by Crippen LogP contribution is -2.33. The number of methoxy groups -OCH3 is 1.